The van der Waals surface area contributed by atoms with Crippen molar-refractivity contribution in [2.75, 3.05) is 13.2 Å². The highest BCUT2D eigenvalue weighted by atomic mass is 19.1. The summed E-state index contributed by atoms with van der Waals surface area (Å²) in [7, 11) is 0. The van der Waals surface area contributed by atoms with Gasteiger partial charge >= 0.3 is 0 Å². The van der Waals surface area contributed by atoms with E-state index in [0.717, 1.165) is 25.5 Å². The molecule has 0 aromatic carbocycles. The van der Waals surface area contributed by atoms with E-state index in [9.17, 15) is 9.18 Å². The summed E-state index contributed by atoms with van der Waals surface area (Å²) in [5, 5.41) is 8.84. The lowest BCUT2D eigenvalue weighted by atomic mass is 10.1. The molecule has 1 atom stereocenters. The molecule has 0 radical (unpaired) electrons. The van der Waals surface area contributed by atoms with Crippen LogP contribution in [0.4, 0.5) is 4.39 Å². The number of carbonyl (C=O) groups is 1. The van der Waals surface area contributed by atoms with E-state index in [1.54, 1.807) is 4.90 Å². The maximum absolute atomic E-state index is 13.0. The van der Waals surface area contributed by atoms with Crippen molar-refractivity contribution in [2.24, 2.45) is 0 Å². The monoisotopic (exact) mass is 252 g/mol. The van der Waals surface area contributed by atoms with Crippen molar-refractivity contribution in [3.05, 3.63) is 29.8 Å². The molecule has 1 aliphatic rings. The number of aromatic nitrogens is 1. The Labute approximate surface area is 105 Å². The van der Waals surface area contributed by atoms with E-state index < -0.39 is 5.82 Å². The number of pyridine rings is 1. The quantitative estimate of drug-likeness (QED) is 0.885. The lowest BCUT2D eigenvalue weighted by Gasteiger charge is -2.24. The van der Waals surface area contributed by atoms with Gasteiger partial charge < -0.3 is 10.0 Å². The minimum absolute atomic E-state index is 0.139. The Kier molecular flexibility index (Phi) is 4.25. The Bertz CT molecular complexity index is 425. The van der Waals surface area contributed by atoms with Gasteiger partial charge in [0.05, 0.1) is 11.8 Å². The molecule has 0 spiro atoms. The van der Waals surface area contributed by atoms with Crippen molar-refractivity contribution in [1.29, 1.82) is 0 Å². The molecule has 1 N–H and O–H groups in total. The zero-order valence-electron chi connectivity index (χ0n) is 10.2. The summed E-state index contributed by atoms with van der Waals surface area (Å²) in [6, 6.07) is 1.38. The number of rotatable bonds is 4. The molecular weight excluding hydrogens is 235 g/mol. The van der Waals surface area contributed by atoms with Crippen LogP contribution in [0.5, 0.6) is 0 Å². The summed E-state index contributed by atoms with van der Waals surface area (Å²) >= 11 is 0. The average Bonchev–Trinajstić information content (AvgIpc) is 2.83. The van der Waals surface area contributed by atoms with Crippen molar-refractivity contribution in [2.45, 2.75) is 31.7 Å². The molecule has 2 heterocycles. The van der Waals surface area contributed by atoms with E-state index in [-0.39, 0.29) is 18.6 Å². The van der Waals surface area contributed by atoms with Crippen LogP contribution in [0, 0.1) is 5.82 Å². The van der Waals surface area contributed by atoms with Gasteiger partial charge in [-0.25, -0.2) is 4.39 Å². The van der Waals surface area contributed by atoms with Crippen molar-refractivity contribution < 1.29 is 14.3 Å². The number of hydrogen-bond acceptors (Lipinski definition) is 3. The molecule has 0 bridgehead atoms. The Morgan fingerprint density at radius 1 is 1.56 bits per heavy atom. The van der Waals surface area contributed by atoms with Gasteiger partial charge in [-0.1, -0.05) is 0 Å². The minimum atomic E-state index is -0.494. The van der Waals surface area contributed by atoms with Crippen LogP contribution >= 0.6 is 0 Å². The van der Waals surface area contributed by atoms with Gasteiger partial charge in [-0.3, -0.25) is 9.78 Å². The van der Waals surface area contributed by atoms with Gasteiger partial charge in [-0.15, -0.1) is 0 Å². The van der Waals surface area contributed by atoms with Crippen LogP contribution in [0.25, 0.3) is 0 Å². The van der Waals surface area contributed by atoms with E-state index in [1.165, 1.54) is 12.3 Å². The maximum atomic E-state index is 13.0. The van der Waals surface area contributed by atoms with Gasteiger partial charge in [0.25, 0.3) is 5.91 Å². The van der Waals surface area contributed by atoms with E-state index in [1.807, 2.05) is 0 Å². The summed E-state index contributed by atoms with van der Waals surface area (Å²) in [6.45, 7) is 0.839. The number of likely N-dealkylation sites (tertiary alicyclic amines) is 1. The zero-order chi connectivity index (χ0) is 13.0. The number of carbonyl (C=O) groups excluding carboxylic acids is 1. The molecule has 0 saturated carbocycles. The second-order valence-corrected chi connectivity index (χ2v) is 4.55. The number of nitrogens with zero attached hydrogens (tertiary/aromatic N) is 2. The number of aliphatic hydroxyl groups is 1. The van der Waals surface area contributed by atoms with Crippen molar-refractivity contribution in [3.63, 3.8) is 0 Å². The molecular formula is C13H17FN2O2. The molecule has 4 nitrogen and oxygen atoms in total. The largest absolute Gasteiger partial charge is 0.396 e. The van der Waals surface area contributed by atoms with Crippen LogP contribution in [0.15, 0.2) is 18.5 Å². The van der Waals surface area contributed by atoms with Crippen molar-refractivity contribution in [1.82, 2.24) is 9.88 Å². The summed E-state index contributed by atoms with van der Waals surface area (Å²) in [6.07, 6.45) is 5.89. The highest BCUT2D eigenvalue weighted by molar-refractivity contribution is 5.94. The summed E-state index contributed by atoms with van der Waals surface area (Å²) < 4.78 is 13.0. The molecule has 1 fully saturated rings. The van der Waals surface area contributed by atoms with Gasteiger partial charge in [0.15, 0.2) is 0 Å². The first-order valence-corrected chi connectivity index (χ1v) is 6.24. The topological polar surface area (TPSA) is 53.4 Å². The Morgan fingerprint density at radius 2 is 2.39 bits per heavy atom. The fourth-order valence-electron chi connectivity index (χ4n) is 2.42. The Hall–Kier alpha value is -1.49. The Morgan fingerprint density at radius 3 is 3.11 bits per heavy atom. The molecule has 1 unspecified atom stereocenters. The molecule has 1 saturated heterocycles. The fraction of sp³-hybridized carbons (Fsp3) is 0.538. The van der Waals surface area contributed by atoms with Crippen LogP contribution in [0.2, 0.25) is 0 Å². The molecule has 1 aromatic rings. The molecule has 18 heavy (non-hydrogen) atoms. The van der Waals surface area contributed by atoms with Gasteiger partial charge in [0.1, 0.15) is 5.82 Å². The van der Waals surface area contributed by atoms with Gasteiger partial charge in [-0.05, 0) is 31.7 Å². The summed E-state index contributed by atoms with van der Waals surface area (Å²) in [5.74, 6) is -0.658. The van der Waals surface area contributed by atoms with Crippen LogP contribution in [-0.2, 0) is 0 Å². The summed E-state index contributed by atoms with van der Waals surface area (Å²) in [4.78, 5) is 17.7. The van der Waals surface area contributed by atoms with Gasteiger partial charge in [0.2, 0.25) is 0 Å². The third kappa shape index (κ3) is 2.85. The third-order valence-electron chi connectivity index (χ3n) is 3.29. The molecule has 1 aliphatic heterocycles. The van der Waals surface area contributed by atoms with Gasteiger partial charge in [-0.2, -0.15) is 0 Å². The minimum Gasteiger partial charge on any atom is -0.396 e. The van der Waals surface area contributed by atoms with Crippen molar-refractivity contribution >= 4 is 5.91 Å². The normalized spacial score (nSPS) is 19.2. The fourth-order valence-corrected chi connectivity index (χ4v) is 2.42. The summed E-state index contributed by atoms with van der Waals surface area (Å²) in [5.41, 5.74) is 0.297. The van der Waals surface area contributed by atoms with E-state index in [4.69, 9.17) is 5.11 Å². The molecule has 1 amide bonds. The average molecular weight is 252 g/mol. The second kappa shape index (κ2) is 5.91. The van der Waals surface area contributed by atoms with Crippen molar-refractivity contribution in [3.8, 4) is 0 Å². The number of aliphatic hydroxyl groups excluding tert-OH is 1. The van der Waals surface area contributed by atoms with Crippen LogP contribution in [0.1, 0.15) is 36.0 Å². The first-order chi connectivity index (χ1) is 8.72. The van der Waals surface area contributed by atoms with Crippen LogP contribution < -0.4 is 0 Å². The molecule has 0 aliphatic carbocycles. The lowest BCUT2D eigenvalue weighted by Crippen LogP contribution is -2.35. The molecule has 1 aromatic heterocycles. The van der Waals surface area contributed by atoms with Gasteiger partial charge in [0, 0.05) is 25.4 Å². The number of halogens is 1. The lowest BCUT2D eigenvalue weighted by molar-refractivity contribution is 0.0723. The van der Waals surface area contributed by atoms with E-state index in [2.05, 4.69) is 4.98 Å². The number of hydrogen-bond donors (Lipinski definition) is 1. The molecule has 98 valence electrons. The highest BCUT2D eigenvalue weighted by Crippen LogP contribution is 2.23. The Balaban J connectivity index is 2.08. The molecule has 5 heteroatoms. The molecule has 2 rings (SSSR count). The standard InChI is InChI=1S/C13H17FN2O2/c14-11-7-10(8-15-9-11)13(18)16-5-1-3-12(16)4-2-6-17/h7-9,12,17H,1-6H2. The SMILES string of the molecule is O=C(c1cncc(F)c1)N1CCCC1CCCO. The predicted octanol–water partition coefficient (Wildman–Crippen LogP) is 1.60. The number of amides is 1. The van der Waals surface area contributed by atoms with Crippen LogP contribution in [-0.4, -0.2) is 40.1 Å². The second-order valence-electron chi connectivity index (χ2n) is 4.55. The zero-order valence-corrected chi connectivity index (χ0v) is 10.2. The smallest absolute Gasteiger partial charge is 0.255 e. The maximum Gasteiger partial charge on any atom is 0.255 e. The first-order valence-electron chi connectivity index (χ1n) is 6.24. The third-order valence-corrected chi connectivity index (χ3v) is 3.29. The van der Waals surface area contributed by atoms with Crippen LogP contribution in [0.3, 0.4) is 0 Å². The predicted molar refractivity (Wildman–Crippen MR) is 64.6 cm³/mol. The highest BCUT2D eigenvalue weighted by Gasteiger charge is 2.29. The van der Waals surface area contributed by atoms with E-state index in [0.29, 0.717) is 18.5 Å². The first kappa shape index (κ1) is 13.0. The van der Waals surface area contributed by atoms with E-state index >= 15 is 0 Å².